The third-order valence-electron chi connectivity index (χ3n) is 5.72. The van der Waals surface area contributed by atoms with Crippen LogP contribution in [0.15, 0.2) is 87.0 Å². The van der Waals surface area contributed by atoms with Crippen molar-refractivity contribution in [1.29, 1.82) is 0 Å². The van der Waals surface area contributed by atoms with E-state index in [9.17, 15) is 17.2 Å². The van der Waals surface area contributed by atoms with Crippen molar-refractivity contribution in [3.63, 3.8) is 0 Å². The van der Waals surface area contributed by atoms with E-state index < -0.39 is 20.0 Å². The molecular formula is C26H32N2O6S2. The average Bonchev–Trinajstić information content (AvgIpc) is 2.88. The van der Waals surface area contributed by atoms with Gasteiger partial charge in [-0.15, -0.1) is 0 Å². The van der Waals surface area contributed by atoms with E-state index in [2.05, 4.69) is 4.36 Å². The zero-order valence-corrected chi connectivity index (χ0v) is 22.5. The van der Waals surface area contributed by atoms with E-state index in [4.69, 9.17) is 9.47 Å². The molecule has 0 aromatic heterocycles. The molecule has 0 aliphatic carbocycles. The van der Waals surface area contributed by atoms with Gasteiger partial charge >= 0.3 is 0 Å². The van der Waals surface area contributed by atoms with Gasteiger partial charge in [0, 0.05) is 18.7 Å². The van der Waals surface area contributed by atoms with Gasteiger partial charge in [0.15, 0.2) is 21.5 Å². The lowest BCUT2D eigenvalue weighted by atomic mass is 10.1. The second kappa shape index (κ2) is 11.9. The number of hydrogen-bond acceptors (Lipinski definition) is 6. The summed E-state index contributed by atoms with van der Waals surface area (Å²) in [6.07, 6.45) is 0.617. The number of hydrogen-bond donors (Lipinski definition) is 1. The van der Waals surface area contributed by atoms with Crippen LogP contribution in [0, 0.1) is 0 Å². The van der Waals surface area contributed by atoms with Crippen LogP contribution in [0.5, 0.6) is 11.5 Å². The first-order valence-corrected chi connectivity index (χ1v) is 14.4. The van der Waals surface area contributed by atoms with Crippen LogP contribution < -0.4 is 9.47 Å². The number of nitrogens with zero attached hydrogens (tertiary/aromatic N) is 2. The SMILES string of the molecule is CC[C@H](C)N=S(=O)(O)c1ccc(S(=O)(=O)N(Cc2ccccc2)Cc2cccc(OC)c2OC)cc1. The number of para-hydroxylation sites is 1. The molecule has 0 aliphatic heterocycles. The van der Waals surface area contributed by atoms with Crippen LogP contribution >= 0.6 is 0 Å². The van der Waals surface area contributed by atoms with Crippen LogP contribution in [0.4, 0.5) is 0 Å². The molecule has 0 aliphatic rings. The van der Waals surface area contributed by atoms with E-state index in [0.29, 0.717) is 23.5 Å². The van der Waals surface area contributed by atoms with E-state index >= 15 is 0 Å². The Bertz CT molecular complexity index is 1380. The molecule has 0 amide bonds. The molecule has 3 aromatic rings. The van der Waals surface area contributed by atoms with Crippen molar-refractivity contribution in [2.45, 2.75) is 49.2 Å². The Morgan fingerprint density at radius 3 is 2.08 bits per heavy atom. The molecular weight excluding hydrogens is 500 g/mol. The highest BCUT2D eigenvalue weighted by molar-refractivity contribution is 7.89. The second-order valence-corrected chi connectivity index (χ2v) is 11.9. The Hall–Kier alpha value is -2.92. The first-order chi connectivity index (χ1) is 17.1. The van der Waals surface area contributed by atoms with Gasteiger partial charge < -0.3 is 9.47 Å². The Morgan fingerprint density at radius 2 is 1.50 bits per heavy atom. The first-order valence-electron chi connectivity index (χ1n) is 11.4. The smallest absolute Gasteiger partial charge is 0.243 e. The zero-order chi connectivity index (χ0) is 26.3. The van der Waals surface area contributed by atoms with Crippen LogP contribution in [-0.2, 0) is 33.1 Å². The second-order valence-electron chi connectivity index (χ2n) is 8.24. The maximum atomic E-state index is 13.8. The first kappa shape index (κ1) is 27.7. The minimum atomic E-state index is -4.00. The Balaban J connectivity index is 2.03. The monoisotopic (exact) mass is 532 g/mol. The van der Waals surface area contributed by atoms with Crippen LogP contribution in [0.3, 0.4) is 0 Å². The van der Waals surface area contributed by atoms with Gasteiger partial charge in [-0.05, 0) is 49.2 Å². The average molecular weight is 533 g/mol. The molecule has 2 atom stereocenters. The predicted octanol–water partition coefficient (Wildman–Crippen LogP) is 5.19. The fourth-order valence-corrected chi connectivity index (χ4v) is 6.25. The summed E-state index contributed by atoms with van der Waals surface area (Å²) in [4.78, 5) is 0.0635. The molecule has 36 heavy (non-hydrogen) atoms. The fraction of sp³-hybridized carbons (Fsp3) is 0.308. The minimum absolute atomic E-state index is 0.00258. The van der Waals surface area contributed by atoms with Gasteiger partial charge in [-0.1, -0.05) is 49.4 Å². The molecule has 0 saturated heterocycles. The van der Waals surface area contributed by atoms with E-state index in [-0.39, 0.29) is 28.9 Å². The van der Waals surface area contributed by atoms with E-state index in [1.54, 1.807) is 25.1 Å². The molecule has 0 radical (unpaired) electrons. The predicted molar refractivity (Wildman–Crippen MR) is 140 cm³/mol. The lowest BCUT2D eigenvalue weighted by molar-refractivity contribution is 0.341. The quantitative estimate of drug-likeness (QED) is 0.364. The number of rotatable bonds is 11. The zero-order valence-electron chi connectivity index (χ0n) is 20.8. The summed E-state index contributed by atoms with van der Waals surface area (Å²) in [6.45, 7) is 3.77. The lowest BCUT2D eigenvalue weighted by Gasteiger charge is -2.24. The van der Waals surface area contributed by atoms with Crippen molar-refractivity contribution < 1.29 is 26.7 Å². The number of sulfonamides is 1. The molecule has 0 bridgehead atoms. The van der Waals surface area contributed by atoms with Crippen LogP contribution in [0.1, 0.15) is 31.4 Å². The normalized spacial score (nSPS) is 14.2. The summed E-state index contributed by atoms with van der Waals surface area (Å²) in [5.41, 5.74) is 1.45. The number of benzene rings is 3. The van der Waals surface area contributed by atoms with Crippen molar-refractivity contribution >= 4 is 20.0 Å². The van der Waals surface area contributed by atoms with Gasteiger partial charge in [0.2, 0.25) is 10.0 Å². The summed E-state index contributed by atoms with van der Waals surface area (Å²) >= 11 is 0. The summed E-state index contributed by atoms with van der Waals surface area (Å²) in [5, 5.41) is 0. The highest BCUT2D eigenvalue weighted by atomic mass is 32.2. The largest absolute Gasteiger partial charge is 0.493 e. The number of ether oxygens (including phenoxy) is 2. The molecule has 3 rings (SSSR count). The van der Waals surface area contributed by atoms with Gasteiger partial charge in [0.25, 0.3) is 0 Å². The maximum Gasteiger partial charge on any atom is 0.243 e. The molecule has 0 heterocycles. The summed E-state index contributed by atoms with van der Waals surface area (Å²) in [7, 11) is -4.60. The highest BCUT2D eigenvalue weighted by Gasteiger charge is 2.27. The molecule has 8 nitrogen and oxygen atoms in total. The van der Waals surface area contributed by atoms with Gasteiger partial charge in [-0.25, -0.2) is 17.0 Å². The van der Waals surface area contributed by atoms with Crippen LogP contribution in [0.25, 0.3) is 0 Å². The molecule has 0 fully saturated rings. The third-order valence-corrected chi connectivity index (χ3v) is 9.05. The van der Waals surface area contributed by atoms with Gasteiger partial charge in [0.1, 0.15) is 0 Å². The van der Waals surface area contributed by atoms with Crippen LogP contribution in [0.2, 0.25) is 0 Å². The van der Waals surface area contributed by atoms with Crippen molar-refractivity contribution in [1.82, 2.24) is 4.31 Å². The Labute approximate surface area is 213 Å². The lowest BCUT2D eigenvalue weighted by Crippen LogP contribution is -2.30. The van der Waals surface area contributed by atoms with E-state index in [0.717, 1.165) is 5.56 Å². The minimum Gasteiger partial charge on any atom is -0.493 e. The Morgan fingerprint density at radius 1 is 0.861 bits per heavy atom. The van der Waals surface area contributed by atoms with Crippen molar-refractivity contribution in [2.24, 2.45) is 4.36 Å². The van der Waals surface area contributed by atoms with Crippen LogP contribution in [-0.4, -0.2) is 41.7 Å². The molecule has 10 heteroatoms. The molecule has 1 N–H and O–H groups in total. The fourth-order valence-electron chi connectivity index (χ4n) is 3.60. The van der Waals surface area contributed by atoms with Crippen molar-refractivity contribution in [2.75, 3.05) is 14.2 Å². The van der Waals surface area contributed by atoms with Crippen molar-refractivity contribution in [3.05, 3.63) is 83.9 Å². The van der Waals surface area contributed by atoms with E-state index in [1.807, 2.05) is 37.3 Å². The summed E-state index contributed by atoms with van der Waals surface area (Å²) in [5.74, 6) is 0.953. The van der Waals surface area contributed by atoms with Gasteiger partial charge in [0.05, 0.1) is 30.1 Å². The third kappa shape index (κ3) is 6.44. The summed E-state index contributed by atoms with van der Waals surface area (Å²) in [6, 6.07) is 19.6. The molecule has 194 valence electrons. The number of methoxy groups -OCH3 is 2. The van der Waals surface area contributed by atoms with Gasteiger partial charge in [-0.2, -0.15) is 4.31 Å². The highest BCUT2D eigenvalue weighted by Crippen LogP contribution is 2.33. The Kier molecular flexibility index (Phi) is 9.13. The standard InChI is InChI=1S/C26H32N2O6S2/c1-5-20(2)27-35(29,30)23-14-16-24(17-15-23)36(31,32)28(18-21-10-7-6-8-11-21)19-22-12-9-13-25(33-3)26(22)34-4/h6-17,20H,5,18-19H2,1-4H3,(H,27,29,30)/t20-/m0/s1. The summed E-state index contributed by atoms with van der Waals surface area (Å²) < 4.78 is 66.8. The van der Waals surface area contributed by atoms with E-state index in [1.165, 1.54) is 42.8 Å². The van der Waals surface area contributed by atoms with Crippen molar-refractivity contribution in [3.8, 4) is 11.5 Å². The topological polar surface area (TPSA) is 105 Å². The molecule has 0 spiro atoms. The maximum absolute atomic E-state index is 13.8. The molecule has 3 aromatic carbocycles. The molecule has 1 unspecified atom stereocenters. The van der Waals surface area contributed by atoms with Gasteiger partial charge in [-0.3, -0.25) is 4.55 Å². The molecule has 0 saturated carbocycles.